The van der Waals surface area contributed by atoms with Gasteiger partial charge in [0.2, 0.25) is 0 Å². The maximum atomic E-state index is 13.3. The zero-order valence-electron chi connectivity index (χ0n) is 17.1. The Balaban J connectivity index is 2.18. The summed E-state index contributed by atoms with van der Waals surface area (Å²) in [4.78, 5) is 28.0. The number of nitrogens with zero attached hydrogens (tertiary/aromatic N) is 1. The molecule has 0 unspecified atom stereocenters. The monoisotopic (exact) mass is 380 g/mol. The normalized spacial score (nSPS) is 10.5. The van der Waals surface area contributed by atoms with Gasteiger partial charge in [0.1, 0.15) is 0 Å². The van der Waals surface area contributed by atoms with E-state index in [1.165, 1.54) is 0 Å². The molecule has 4 nitrogen and oxygen atoms in total. The number of hydrogen-bond acceptors (Lipinski definition) is 2. The SMILES string of the molecule is CCCCCN(CCCCC)C(=O)c1ccccc1C(=O)Nc1ccccc1. The van der Waals surface area contributed by atoms with Gasteiger partial charge < -0.3 is 10.2 Å². The lowest BCUT2D eigenvalue weighted by atomic mass is 10.0. The van der Waals surface area contributed by atoms with Crippen molar-refractivity contribution in [3.63, 3.8) is 0 Å². The Bertz CT molecular complexity index is 733. The standard InChI is InChI=1S/C24H32N2O2/c1-3-5-12-18-26(19-13-6-4-2)24(28)22-17-11-10-16-21(22)23(27)25-20-14-8-7-9-15-20/h7-11,14-17H,3-6,12-13,18-19H2,1-2H3,(H,25,27). The molecule has 0 saturated carbocycles. The molecule has 0 saturated heterocycles. The van der Waals surface area contributed by atoms with Crippen LogP contribution >= 0.6 is 0 Å². The third-order valence-electron chi connectivity index (χ3n) is 4.78. The third-order valence-corrected chi connectivity index (χ3v) is 4.78. The summed E-state index contributed by atoms with van der Waals surface area (Å²) < 4.78 is 0. The Kier molecular flexibility index (Phi) is 9.26. The number of nitrogens with one attached hydrogen (secondary N) is 1. The van der Waals surface area contributed by atoms with Crippen molar-refractivity contribution in [3.05, 3.63) is 65.7 Å². The van der Waals surface area contributed by atoms with Gasteiger partial charge in [-0.2, -0.15) is 0 Å². The van der Waals surface area contributed by atoms with Crippen LogP contribution in [0.15, 0.2) is 54.6 Å². The van der Waals surface area contributed by atoms with Crippen LogP contribution in [0.25, 0.3) is 0 Å². The van der Waals surface area contributed by atoms with Crippen LogP contribution in [0, 0.1) is 0 Å². The maximum absolute atomic E-state index is 13.3. The van der Waals surface area contributed by atoms with Crippen LogP contribution < -0.4 is 5.32 Å². The molecule has 0 aromatic heterocycles. The highest BCUT2D eigenvalue weighted by molar-refractivity contribution is 6.12. The summed E-state index contributed by atoms with van der Waals surface area (Å²) in [6.45, 7) is 5.80. The molecule has 4 heteroatoms. The van der Waals surface area contributed by atoms with Crippen molar-refractivity contribution in [1.82, 2.24) is 4.90 Å². The summed E-state index contributed by atoms with van der Waals surface area (Å²) in [5.41, 5.74) is 1.62. The molecule has 0 radical (unpaired) electrons. The van der Waals surface area contributed by atoms with Gasteiger partial charge in [-0.3, -0.25) is 9.59 Å². The Hall–Kier alpha value is -2.62. The third kappa shape index (κ3) is 6.52. The second kappa shape index (κ2) is 12.0. The summed E-state index contributed by atoms with van der Waals surface area (Å²) in [5, 5.41) is 2.89. The molecule has 0 fully saturated rings. The van der Waals surface area contributed by atoms with Crippen LogP contribution in [-0.4, -0.2) is 29.8 Å². The average molecular weight is 381 g/mol. The molecule has 2 aromatic rings. The van der Waals surface area contributed by atoms with Crippen molar-refractivity contribution < 1.29 is 9.59 Å². The van der Waals surface area contributed by atoms with E-state index in [0.29, 0.717) is 11.1 Å². The quantitative estimate of drug-likeness (QED) is 0.504. The van der Waals surface area contributed by atoms with Crippen LogP contribution in [0.4, 0.5) is 5.69 Å². The fourth-order valence-electron chi connectivity index (χ4n) is 3.18. The summed E-state index contributed by atoms with van der Waals surface area (Å²) in [6.07, 6.45) is 6.43. The van der Waals surface area contributed by atoms with E-state index in [-0.39, 0.29) is 11.8 Å². The first-order chi connectivity index (χ1) is 13.7. The average Bonchev–Trinajstić information content (AvgIpc) is 2.73. The number of carbonyl (C=O) groups excluding carboxylic acids is 2. The van der Waals surface area contributed by atoms with Gasteiger partial charge in [0.25, 0.3) is 11.8 Å². The minimum absolute atomic E-state index is 0.0500. The van der Waals surface area contributed by atoms with Gasteiger partial charge in [-0.1, -0.05) is 69.9 Å². The van der Waals surface area contributed by atoms with Crippen molar-refractivity contribution in [3.8, 4) is 0 Å². The van der Waals surface area contributed by atoms with Gasteiger partial charge in [-0.05, 0) is 37.1 Å². The highest BCUT2D eigenvalue weighted by atomic mass is 16.2. The van der Waals surface area contributed by atoms with E-state index in [9.17, 15) is 9.59 Å². The fourth-order valence-corrected chi connectivity index (χ4v) is 3.18. The highest BCUT2D eigenvalue weighted by Gasteiger charge is 2.21. The van der Waals surface area contributed by atoms with Gasteiger partial charge in [-0.15, -0.1) is 0 Å². The molecule has 0 aliphatic carbocycles. The summed E-state index contributed by atoms with van der Waals surface area (Å²) in [7, 11) is 0. The predicted molar refractivity (Wildman–Crippen MR) is 116 cm³/mol. The molecule has 0 heterocycles. The minimum Gasteiger partial charge on any atom is -0.339 e. The predicted octanol–water partition coefficient (Wildman–Crippen LogP) is 5.76. The number of anilines is 1. The van der Waals surface area contributed by atoms with E-state index < -0.39 is 0 Å². The largest absolute Gasteiger partial charge is 0.339 e. The Labute approximate surface area is 169 Å². The van der Waals surface area contributed by atoms with E-state index in [1.807, 2.05) is 41.3 Å². The first-order valence-corrected chi connectivity index (χ1v) is 10.4. The molecule has 2 amide bonds. The molecule has 150 valence electrons. The second-order valence-electron chi connectivity index (χ2n) is 7.07. The van der Waals surface area contributed by atoms with Crippen LogP contribution in [0.3, 0.4) is 0 Å². The molecule has 0 atom stereocenters. The van der Waals surface area contributed by atoms with Gasteiger partial charge in [0, 0.05) is 18.8 Å². The zero-order valence-corrected chi connectivity index (χ0v) is 17.1. The molecule has 0 aliphatic rings. The zero-order chi connectivity index (χ0) is 20.2. The number of amides is 2. The molecule has 0 aliphatic heterocycles. The number of carbonyl (C=O) groups is 2. The van der Waals surface area contributed by atoms with Crippen molar-refractivity contribution in [2.75, 3.05) is 18.4 Å². The topological polar surface area (TPSA) is 49.4 Å². The van der Waals surface area contributed by atoms with Crippen LogP contribution in [-0.2, 0) is 0 Å². The van der Waals surface area contributed by atoms with E-state index in [1.54, 1.807) is 18.2 Å². The molecule has 28 heavy (non-hydrogen) atoms. The van der Waals surface area contributed by atoms with Gasteiger partial charge >= 0.3 is 0 Å². The van der Waals surface area contributed by atoms with E-state index in [4.69, 9.17) is 0 Å². The van der Waals surface area contributed by atoms with Crippen molar-refractivity contribution >= 4 is 17.5 Å². The van der Waals surface area contributed by atoms with Crippen LogP contribution in [0.2, 0.25) is 0 Å². The first kappa shape index (κ1) is 21.7. The number of benzene rings is 2. The molecular formula is C24H32N2O2. The number of rotatable bonds is 11. The van der Waals surface area contributed by atoms with E-state index >= 15 is 0 Å². The molecule has 0 bridgehead atoms. The molecule has 2 rings (SSSR count). The van der Waals surface area contributed by atoms with E-state index in [0.717, 1.165) is 57.3 Å². The number of hydrogen-bond donors (Lipinski definition) is 1. The molecule has 0 spiro atoms. The Morgan fingerprint density at radius 3 is 1.86 bits per heavy atom. The summed E-state index contributed by atoms with van der Waals surface area (Å²) >= 11 is 0. The molecule has 2 aromatic carbocycles. The smallest absolute Gasteiger partial charge is 0.256 e. The van der Waals surface area contributed by atoms with Crippen molar-refractivity contribution in [1.29, 1.82) is 0 Å². The Morgan fingerprint density at radius 1 is 0.750 bits per heavy atom. The van der Waals surface area contributed by atoms with Gasteiger partial charge in [-0.25, -0.2) is 0 Å². The van der Waals surface area contributed by atoms with Crippen molar-refractivity contribution in [2.24, 2.45) is 0 Å². The highest BCUT2D eigenvalue weighted by Crippen LogP contribution is 2.16. The summed E-state index contributed by atoms with van der Waals surface area (Å²) in [6, 6.07) is 16.4. The maximum Gasteiger partial charge on any atom is 0.256 e. The van der Waals surface area contributed by atoms with E-state index in [2.05, 4.69) is 19.2 Å². The number of para-hydroxylation sites is 1. The van der Waals surface area contributed by atoms with Crippen LogP contribution in [0.1, 0.15) is 73.1 Å². The van der Waals surface area contributed by atoms with Crippen LogP contribution in [0.5, 0.6) is 0 Å². The van der Waals surface area contributed by atoms with Gasteiger partial charge in [0.05, 0.1) is 11.1 Å². The minimum atomic E-state index is -0.253. The molecular weight excluding hydrogens is 348 g/mol. The van der Waals surface area contributed by atoms with Gasteiger partial charge in [0.15, 0.2) is 0 Å². The second-order valence-corrected chi connectivity index (χ2v) is 7.07. The lowest BCUT2D eigenvalue weighted by molar-refractivity contribution is 0.0745. The summed E-state index contributed by atoms with van der Waals surface area (Å²) in [5.74, 6) is -0.303. The lowest BCUT2D eigenvalue weighted by Gasteiger charge is -2.24. The molecule has 1 N–H and O–H groups in total. The fraction of sp³-hybridized carbons (Fsp3) is 0.417. The first-order valence-electron chi connectivity index (χ1n) is 10.4. The lowest BCUT2D eigenvalue weighted by Crippen LogP contribution is -2.34. The van der Waals surface area contributed by atoms with Crippen molar-refractivity contribution in [2.45, 2.75) is 52.4 Å². The number of unbranched alkanes of at least 4 members (excludes halogenated alkanes) is 4. The Morgan fingerprint density at radius 2 is 1.29 bits per heavy atom.